The molecule has 0 aromatic rings. The van der Waals surface area contributed by atoms with Crippen LogP contribution in [0.3, 0.4) is 0 Å². The van der Waals surface area contributed by atoms with Gasteiger partial charge in [0.25, 0.3) is 0 Å². The Balaban J connectivity index is 2.27. The van der Waals surface area contributed by atoms with Gasteiger partial charge >= 0.3 is 5.97 Å². The Morgan fingerprint density at radius 2 is 2.10 bits per heavy atom. The zero-order valence-electron chi connectivity index (χ0n) is 12.5. The fourth-order valence-electron chi connectivity index (χ4n) is 2.33. The third kappa shape index (κ3) is 6.70. The lowest BCUT2D eigenvalue weighted by atomic mass is 9.97. The molecule has 0 saturated heterocycles. The second-order valence-electron chi connectivity index (χ2n) is 5.60. The minimum absolute atomic E-state index is 0.0397. The highest BCUT2D eigenvalue weighted by Crippen LogP contribution is 2.19. The molecule has 1 aliphatic carbocycles. The first-order valence-electron chi connectivity index (χ1n) is 7.39. The number of carboxylic acids is 1. The van der Waals surface area contributed by atoms with Crippen molar-refractivity contribution in [1.82, 2.24) is 10.2 Å². The summed E-state index contributed by atoms with van der Waals surface area (Å²) in [5.74, 6) is -1.00. The van der Waals surface area contributed by atoms with Gasteiger partial charge in [-0.3, -0.25) is 14.5 Å². The number of hydrogen-bond donors (Lipinski definition) is 2. The minimum Gasteiger partial charge on any atom is -0.480 e. The summed E-state index contributed by atoms with van der Waals surface area (Å²) in [5, 5.41) is 11.7. The molecule has 2 N–H and O–H groups in total. The summed E-state index contributed by atoms with van der Waals surface area (Å²) in [5.41, 5.74) is 1.43. The second-order valence-corrected chi connectivity index (χ2v) is 5.60. The third-order valence-electron chi connectivity index (χ3n) is 3.57. The average Bonchev–Trinajstić information content (AvgIpc) is 2.38. The van der Waals surface area contributed by atoms with Crippen molar-refractivity contribution in [1.29, 1.82) is 0 Å². The Morgan fingerprint density at radius 3 is 2.65 bits per heavy atom. The number of hydrogen-bond acceptors (Lipinski definition) is 3. The van der Waals surface area contributed by atoms with E-state index in [-0.39, 0.29) is 25.0 Å². The molecule has 0 heterocycles. The van der Waals surface area contributed by atoms with E-state index in [0.29, 0.717) is 6.54 Å². The highest BCUT2D eigenvalue weighted by molar-refractivity contribution is 5.79. The van der Waals surface area contributed by atoms with Gasteiger partial charge in [-0.2, -0.15) is 0 Å². The van der Waals surface area contributed by atoms with Gasteiger partial charge in [0.2, 0.25) is 5.91 Å². The first-order chi connectivity index (χ1) is 9.49. The highest BCUT2D eigenvalue weighted by Gasteiger charge is 2.16. The molecule has 1 rings (SSSR count). The summed E-state index contributed by atoms with van der Waals surface area (Å²) in [4.78, 5) is 24.2. The van der Waals surface area contributed by atoms with E-state index in [1.165, 1.54) is 18.4 Å². The predicted octanol–water partition coefficient (Wildman–Crippen LogP) is 1.79. The molecule has 0 spiro atoms. The van der Waals surface area contributed by atoms with Crippen LogP contribution in [0.5, 0.6) is 0 Å². The lowest BCUT2D eigenvalue weighted by Crippen LogP contribution is -2.43. The van der Waals surface area contributed by atoms with Gasteiger partial charge in [-0.15, -0.1) is 0 Å². The van der Waals surface area contributed by atoms with Crippen LogP contribution in [0.1, 0.15) is 46.0 Å². The molecule has 1 amide bonds. The number of aliphatic carboxylic acids is 1. The van der Waals surface area contributed by atoms with E-state index in [0.717, 1.165) is 19.3 Å². The summed E-state index contributed by atoms with van der Waals surface area (Å²) < 4.78 is 0. The first kappa shape index (κ1) is 16.7. The Bertz CT molecular complexity index is 364. The third-order valence-corrected chi connectivity index (χ3v) is 3.57. The van der Waals surface area contributed by atoms with Crippen molar-refractivity contribution < 1.29 is 14.7 Å². The molecule has 0 aromatic carbocycles. The van der Waals surface area contributed by atoms with Gasteiger partial charge in [0.15, 0.2) is 0 Å². The molecule has 0 bridgehead atoms. The van der Waals surface area contributed by atoms with Gasteiger partial charge < -0.3 is 10.4 Å². The lowest BCUT2D eigenvalue weighted by Gasteiger charge is -2.23. The van der Waals surface area contributed by atoms with Crippen molar-refractivity contribution in [2.75, 3.05) is 19.6 Å². The number of rotatable bonds is 8. The Morgan fingerprint density at radius 1 is 1.35 bits per heavy atom. The summed E-state index contributed by atoms with van der Waals surface area (Å²) in [6, 6.07) is 0.0397. The molecule has 114 valence electrons. The van der Waals surface area contributed by atoms with Crippen LogP contribution >= 0.6 is 0 Å². The van der Waals surface area contributed by atoms with Crippen molar-refractivity contribution in [3.8, 4) is 0 Å². The second kappa shape index (κ2) is 8.74. The van der Waals surface area contributed by atoms with Gasteiger partial charge in [-0.05, 0) is 46.0 Å². The molecule has 0 radical (unpaired) electrons. The zero-order chi connectivity index (χ0) is 15.0. The van der Waals surface area contributed by atoms with Crippen LogP contribution in [-0.4, -0.2) is 47.6 Å². The van der Waals surface area contributed by atoms with Crippen LogP contribution < -0.4 is 5.32 Å². The topological polar surface area (TPSA) is 69.6 Å². The Hall–Kier alpha value is -1.36. The molecule has 0 unspecified atom stereocenters. The molecule has 0 saturated carbocycles. The highest BCUT2D eigenvalue weighted by atomic mass is 16.4. The van der Waals surface area contributed by atoms with E-state index >= 15 is 0 Å². The van der Waals surface area contributed by atoms with E-state index in [4.69, 9.17) is 5.11 Å². The number of allylic oxidation sites excluding steroid dienone is 1. The molecule has 0 aromatic heterocycles. The summed E-state index contributed by atoms with van der Waals surface area (Å²) in [7, 11) is 0. The standard InChI is InChI=1S/C15H26N2O3/c1-12(2)17(11-15(19)20)10-14(18)16-9-8-13-6-4-3-5-7-13/h6,12H,3-5,7-11H2,1-2H3,(H,16,18)(H,19,20). The molecular weight excluding hydrogens is 256 g/mol. The number of carbonyl (C=O) groups excluding carboxylic acids is 1. The zero-order valence-corrected chi connectivity index (χ0v) is 12.5. The number of nitrogens with one attached hydrogen (secondary N) is 1. The van der Waals surface area contributed by atoms with Crippen LogP contribution in [0.15, 0.2) is 11.6 Å². The van der Waals surface area contributed by atoms with Crippen LogP contribution in [-0.2, 0) is 9.59 Å². The number of nitrogens with zero attached hydrogens (tertiary/aromatic N) is 1. The normalized spacial score (nSPS) is 15.3. The molecular formula is C15H26N2O3. The lowest BCUT2D eigenvalue weighted by molar-refractivity contribution is -0.139. The first-order valence-corrected chi connectivity index (χ1v) is 7.39. The van der Waals surface area contributed by atoms with Crippen molar-refractivity contribution in [3.05, 3.63) is 11.6 Å². The summed E-state index contributed by atoms with van der Waals surface area (Å²) >= 11 is 0. The van der Waals surface area contributed by atoms with Gasteiger partial charge in [-0.1, -0.05) is 11.6 Å². The van der Waals surface area contributed by atoms with E-state index in [9.17, 15) is 9.59 Å². The number of amides is 1. The molecule has 5 nitrogen and oxygen atoms in total. The Labute approximate surface area is 121 Å². The number of carboxylic acid groups (broad SMARTS) is 1. The van der Waals surface area contributed by atoms with Gasteiger partial charge in [-0.25, -0.2) is 0 Å². The molecule has 0 atom stereocenters. The molecule has 1 aliphatic rings. The molecule has 0 fully saturated rings. The molecule has 0 aliphatic heterocycles. The SMILES string of the molecule is CC(C)N(CC(=O)O)CC(=O)NCCC1=CCCCC1. The van der Waals surface area contributed by atoms with Crippen molar-refractivity contribution in [2.45, 2.75) is 52.0 Å². The van der Waals surface area contributed by atoms with Gasteiger partial charge in [0.05, 0.1) is 13.1 Å². The van der Waals surface area contributed by atoms with E-state index < -0.39 is 5.97 Å². The smallest absolute Gasteiger partial charge is 0.317 e. The van der Waals surface area contributed by atoms with Crippen molar-refractivity contribution in [2.24, 2.45) is 0 Å². The maximum Gasteiger partial charge on any atom is 0.317 e. The van der Waals surface area contributed by atoms with E-state index in [2.05, 4.69) is 11.4 Å². The van der Waals surface area contributed by atoms with Crippen molar-refractivity contribution >= 4 is 11.9 Å². The van der Waals surface area contributed by atoms with Crippen LogP contribution in [0.25, 0.3) is 0 Å². The predicted molar refractivity (Wildman–Crippen MR) is 78.5 cm³/mol. The largest absolute Gasteiger partial charge is 0.480 e. The van der Waals surface area contributed by atoms with Gasteiger partial charge in [0.1, 0.15) is 0 Å². The monoisotopic (exact) mass is 282 g/mol. The fourth-order valence-corrected chi connectivity index (χ4v) is 2.33. The van der Waals surface area contributed by atoms with Crippen LogP contribution in [0, 0.1) is 0 Å². The maximum absolute atomic E-state index is 11.8. The summed E-state index contributed by atoms with van der Waals surface area (Å²) in [6.07, 6.45) is 8.01. The van der Waals surface area contributed by atoms with Crippen LogP contribution in [0.4, 0.5) is 0 Å². The van der Waals surface area contributed by atoms with Gasteiger partial charge in [0, 0.05) is 12.6 Å². The molecule has 20 heavy (non-hydrogen) atoms. The Kier molecular flexibility index (Phi) is 7.30. The van der Waals surface area contributed by atoms with E-state index in [1.54, 1.807) is 4.90 Å². The van der Waals surface area contributed by atoms with Crippen molar-refractivity contribution in [3.63, 3.8) is 0 Å². The summed E-state index contributed by atoms with van der Waals surface area (Å²) in [6.45, 7) is 4.47. The maximum atomic E-state index is 11.8. The number of carbonyl (C=O) groups is 2. The minimum atomic E-state index is -0.904. The van der Waals surface area contributed by atoms with Crippen LogP contribution in [0.2, 0.25) is 0 Å². The molecule has 5 heteroatoms. The van der Waals surface area contributed by atoms with E-state index in [1.807, 2.05) is 13.8 Å². The average molecular weight is 282 g/mol. The fraction of sp³-hybridized carbons (Fsp3) is 0.733. The quantitative estimate of drug-likeness (QED) is 0.666.